The van der Waals surface area contributed by atoms with E-state index in [0.717, 1.165) is 22.7 Å². The van der Waals surface area contributed by atoms with Gasteiger partial charge in [-0.1, -0.05) is 179 Å². The van der Waals surface area contributed by atoms with Gasteiger partial charge in [-0.2, -0.15) is 0 Å². The maximum absolute atomic E-state index is 2.65. The van der Waals surface area contributed by atoms with Gasteiger partial charge in [-0.25, -0.2) is 0 Å². The fourth-order valence-corrected chi connectivity index (χ4v) is 11.2. The van der Waals surface area contributed by atoms with E-state index in [1.54, 1.807) is 0 Å². The number of hydrogen-bond donors (Lipinski definition) is 0. The normalized spacial score (nSPS) is 14.5. The molecule has 0 saturated carbocycles. The summed E-state index contributed by atoms with van der Waals surface area (Å²) < 4.78 is 0. The van der Waals surface area contributed by atoms with E-state index < -0.39 is 0 Å². The van der Waals surface area contributed by atoms with Crippen LogP contribution in [0.3, 0.4) is 0 Å². The second-order valence-electron chi connectivity index (χ2n) is 22.7. The minimum Gasteiger partial charge on any atom is -0.311 e. The summed E-state index contributed by atoms with van der Waals surface area (Å²) in [5, 5.41) is 0. The van der Waals surface area contributed by atoms with Crippen LogP contribution in [0.4, 0.5) is 51.2 Å². The lowest BCUT2D eigenvalue weighted by Crippen LogP contribution is -2.61. The third kappa shape index (κ3) is 6.85. The first-order chi connectivity index (χ1) is 31.9. The van der Waals surface area contributed by atoms with Crippen LogP contribution in [0.1, 0.15) is 104 Å². The molecule has 11 rings (SSSR count). The first-order valence-corrected chi connectivity index (χ1v) is 24.2. The molecule has 0 unspecified atom stereocenters. The Morgan fingerprint density at radius 1 is 0.403 bits per heavy atom. The topological polar surface area (TPSA) is 9.72 Å². The van der Waals surface area contributed by atoms with Crippen LogP contribution in [0.2, 0.25) is 0 Å². The fraction of sp³-hybridized carbons (Fsp3) is 0.238. The van der Waals surface area contributed by atoms with Gasteiger partial charge in [-0.3, -0.25) is 0 Å². The number of rotatable bonds is 5. The van der Waals surface area contributed by atoms with Crippen LogP contribution in [0.25, 0.3) is 11.1 Å². The van der Waals surface area contributed by atoms with Gasteiger partial charge < -0.3 is 14.7 Å². The lowest BCUT2D eigenvalue weighted by atomic mass is 9.33. The fourth-order valence-electron chi connectivity index (χ4n) is 11.2. The van der Waals surface area contributed by atoms with Crippen molar-refractivity contribution in [1.29, 1.82) is 0 Å². The molecule has 0 fully saturated rings. The highest BCUT2D eigenvalue weighted by Crippen LogP contribution is 2.56. The number of hydrogen-bond acceptors (Lipinski definition) is 3. The molecule has 2 heterocycles. The number of nitrogens with zero attached hydrogens (tertiary/aromatic N) is 3. The van der Waals surface area contributed by atoms with E-state index in [-0.39, 0.29) is 28.4 Å². The van der Waals surface area contributed by atoms with Crippen LogP contribution in [0.5, 0.6) is 0 Å². The van der Waals surface area contributed by atoms with Crippen LogP contribution >= 0.6 is 0 Å². The van der Waals surface area contributed by atoms with Crippen molar-refractivity contribution in [3.8, 4) is 11.1 Å². The molecule has 0 saturated heterocycles. The van der Waals surface area contributed by atoms with E-state index in [2.05, 4.69) is 267 Å². The lowest BCUT2D eigenvalue weighted by molar-refractivity contribution is 0.590. The Morgan fingerprint density at radius 2 is 0.970 bits per heavy atom. The van der Waals surface area contributed by atoms with Crippen molar-refractivity contribution in [2.24, 2.45) is 0 Å². The Morgan fingerprint density at radius 3 is 1.60 bits per heavy atom. The largest absolute Gasteiger partial charge is 0.311 e. The average Bonchev–Trinajstić information content (AvgIpc) is 3.54. The van der Waals surface area contributed by atoms with Gasteiger partial charge in [-0.05, 0) is 139 Å². The summed E-state index contributed by atoms with van der Waals surface area (Å²) in [6.07, 6.45) is 0. The number of benzene rings is 8. The third-order valence-corrected chi connectivity index (χ3v) is 14.9. The molecule has 8 aromatic carbocycles. The molecular formula is C63H62BN3. The molecule has 2 aliphatic heterocycles. The van der Waals surface area contributed by atoms with Crippen molar-refractivity contribution in [3.05, 3.63) is 204 Å². The minimum absolute atomic E-state index is 0.0197. The number of anilines is 9. The molecule has 4 heteroatoms. The number of para-hydroxylation sites is 2. The van der Waals surface area contributed by atoms with E-state index in [1.165, 1.54) is 83.8 Å². The summed E-state index contributed by atoms with van der Waals surface area (Å²) >= 11 is 0. The smallest absolute Gasteiger partial charge is 0.252 e. The average molecular weight is 872 g/mol. The van der Waals surface area contributed by atoms with Gasteiger partial charge in [0, 0.05) is 56.5 Å². The van der Waals surface area contributed by atoms with Gasteiger partial charge in [0.15, 0.2) is 0 Å². The molecular weight excluding hydrogens is 810 g/mol. The van der Waals surface area contributed by atoms with Gasteiger partial charge in [0.25, 0.3) is 6.71 Å². The number of fused-ring (bicyclic) bond motifs is 7. The highest BCUT2D eigenvalue weighted by molar-refractivity contribution is 7.00. The molecule has 0 bridgehead atoms. The predicted molar refractivity (Wildman–Crippen MR) is 289 cm³/mol. The van der Waals surface area contributed by atoms with Crippen molar-refractivity contribution < 1.29 is 0 Å². The van der Waals surface area contributed by atoms with Gasteiger partial charge in [-0.15, -0.1) is 0 Å². The zero-order valence-corrected chi connectivity index (χ0v) is 41.2. The maximum Gasteiger partial charge on any atom is 0.252 e. The van der Waals surface area contributed by atoms with Crippen LogP contribution in [0.15, 0.2) is 176 Å². The lowest BCUT2D eigenvalue weighted by Gasteiger charge is -2.46. The van der Waals surface area contributed by atoms with Crippen molar-refractivity contribution in [3.63, 3.8) is 0 Å². The minimum atomic E-state index is -0.141. The van der Waals surface area contributed by atoms with E-state index >= 15 is 0 Å². The zero-order chi connectivity index (χ0) is 46.8. The molecule has 0 atom stereocenters. The Hall–Kier alpha value is -6.78. The van der Waals surface area contributed by atoms with Crippen LogP contribution in [-0.2, 0) is 21.7 Å². The molecule has 0 spiro atoms. The second-order valence-corrected chi connectivity index (χ2v) is 22.7. The van der Waals surface area contributed by atoms with Crippen molar-refractivity contribution in [2.75, 3.05) is 14.7 Å². The molecule has 332 valence electrons. The van der Waals surface area contributed by atoms with E-state index in [1.807, 2.05) is 0 Å². The molecule has 0 N–H and O–H groups in total. The maximum atomic E-state index is 2.65. The third-order valence-electron chi connectivity index (χ3n) is 14.9. The van der Waals surface area contributed by atoms with Crippen molar-refractivity contribution >= 4 is 74.3 Å². The Bertz CT molecular complexity index is 3180. The summed E-state index contributed by atoms with van der Waals surface area (Å²) in [6, 6.07) is 66.8. The van der Waals surface area contributed by atoms with Crippen LogP contribution in [0, 0.1) is 0 Å². The zero-order valence-electron chi connectivity index (χ0n) is 41.2. The molecule has 0 radical (unpaired) electrons. The van der Waals surface area contributed by atoms with E-state index in [9.17, 15) is 0 Å². The Labute approximate surface area is 399 Å². The molecule has 3 nitrogen and oxygen atoms in total. The first-order valence-electron chi connectivity index (χ1n) is 24.2. The van der Waals surface area contributed by atoms with Gasteiger partial charge in [0.05, 0.1) is 5.69 Å². The molecule has 0 aromatic heterocycles. The monoisotopic (exact) mass is 872 g/mol. The molecule has 3 aliphatic rings. The quantitative estimate of drug-likeness (QED) is 0.160. The Kier molecular flexibility index (Phi) is 9.67. The second kappa shape index (κ2) is 15.1. The Balaban J connectivity index is 1.25. The van der Waals surface area contributed by atoms with E-state index in [4.69, 9.17) is 0 Å². The summed E-state index contributed by atoms with van der Waals surface area (Å²) in [5.41, 5.74) is 23.7. The highest BCUT2D eigenvalue weighted by atomic mass is 15.2. The SMILES string of the molecule is CC(C)(C)c1ccc(N2c3cc(N(c4ccccc4)c4ccccc4)ccc3B3c4cc(C(C)(C)C)ccc4N(c4cccc5c4-c4ccccc4C5(C)C)c4cc(C(C)(C)C)cc2c43)cc1. The van der Waals surface area contributed by atoms with Gasteiger partial charge >= 0.3 is 0 Å². The summed E-state index contributed by atoms with van der Waals surface area (Å²) in [7, 11) is 0. The van der Waals surface area contributed by atoms with Crippen LogP contribution in [-0.4, -0.2) is 6.71 Å². The summed E-state index contributed by atoms with van der Waals surface area (Å²) in [5.74, 6) is 0. The highest BCUT2D eigenvalue weighted by Gasteiger charge is 2.46. The standard InChI is InChI=1S/C63H62BN3/c1-60(2,3)41-29-32-46(33-30-41)66-55-40-47(65(44-21-14-12-15-22-44)45-23-16-13-17-24-45)34-35-51(55)64-52-37-42(61(4,5)6)31-36-53(52)67(57-39-43(62(7,8)9)38-56(66)59(57)64)54-28-20-27-50-58(54)48-25-18-19-26-49(48)63(50,10)11/h12-40H,1-11H3. The summed E-state index contributed by atoms with van der Waals surface area (Å²) in [4.78, 5) is 7.64. The van der Waals surface area contributed by atoms with Crippen molar-refractivity contribution in [1.82, 2.24) is 0 Å². The first kappa shape index (κ1) is 42.8. The predicted octanol–water partition coefficient (Wildman–Crippen LogP) is 15.4. The van der Waals surface area contributed by atoms with E-state index in [0.29, 0.717) is 0 Å². The molecule has 1 aliphatic carbocycles. The summed E-state index contributed by atoms with van der Waals surface area (Å²) in [6.45, 7) is 25.8. The van der Waals surface area contributed by atoms with Gasteiger partial charge in [0.1, 0.15) is 0 Å². The van der Waals surface area contributed by atoms with Gasteiger partial charge in [0.2, 0.25) is 0 Å². The molecule has 8 aromatic rings. The van der Waals surface area contributed by atoms with Crippen molar-refractivity contribution in [2.45, 2.75) is 97.8 Å². The van der Waals surface area contributed by atoms with Crippen LogP contribution < -0.4 is 31.1 Å². The molecule has 67 heavy (non-hydrogen) atoms. The molecule has 0 amide bonds.